The molecule has 0 aliphatic carbocycles. The molecule has 0 saturated carbocycles. The van der Waals surface area contributed by atoms with Crippen LogP contribution >= 0.6 is 11.8 Å². The van der Waals surface area contributed by atoms with Gasteiger partial charge >= 0.3 is 0 Å². The number of anilines is 1. The third-order valence-electron chi connectivity index (χ3n) is 1.79. The van der Waals surface area contributed by atoms with E-state index in [1.807, 2.05) is 6.07 Å². The second-order valence-corrected chi connectivity index (χ2v) is 3.88. The fourth-order valence-corrected chi connectivity index (χ4v) is 1.88. The van der Waals surface area contributed by atoms with E-state index < -0.39 is 0 Å². The summed E-state index contributed by atoms with van der Waals surface area (Å²) in [6.45, 7) is 0. The lowest BCUT2D eigenvalue weighted by Crippen LogP contribution is -1.92. The Morgan fingerprint density at radius 1 is 1.20 bits per heavy atom. The van der Waals surface area contributed by atoms with Gasteiger partial charge in [0.1, 0.15) is 5.82 Å². The number of hydrogen-bond donors (Lipinski definition) is 1. The molecule has 0 saturated heterocycles. The quantitative estimate of drug-likeness (QED) is 0.795. The maximum absolute atomic E-state index is 5.76. The van der Waals surface area contributed by atoms with Crippen LogP contribution in [-0.2, 0) is 5.75 Å². The van der Waals surface area contributed by atoms with Gasteiger partial charge in [-0.25, -0.2) is 9.97 Å². The number of thioether (sulfide) groups is 1. The standard InChI is InChI=1S/C10H10N4S/c11-8-6-12-5-2-9(8)15-7-10-13-3-1-4-14-10/h1-6H,7,11H2. The Hall–Kier alpha value is -1.62. The Balaban J connectivity index is 2.03. The summed E-state index contributed by atoms with van der Waals surface area (Å²) in [5.41, 5.74) is 6.45. The molecule has 0 aliphatic rings. The highest BCUT2D eigenvalue weighted by Crippen LogP contribution is 2.25. The van der Waals surface area contributed by atoms with Crippen molar-refractivity contribution in [1.82, 2.24) is 15.0 Å². The first kappa shape index (κ1) is 9.92. The van der Waals surface area contributed by atoms with Crippen LogP contribution in [0.1, 0.15) is 5.82 Å². The topological polar surface area (TPSA) is 64.7 Å². The smallest absolute Gasteiger partial charge is 0.138 e. The molecule has 0 radical (unpaired) electrons. The molecular formula is C10H10N4S. The summed E-state index contributed by atoms with van der Waals surface area (Å²) in [7, 11) is 0. The molecule has 0 atom stereocenters. The van der Waals surface area contributed by atoms with Crippen molar-refractivity contribution < 1.29 is 0 Å². The minimum absolute atomic E-state index is 0.693. The maximum Gasteiger partial charge on any atom is 0.138 e. The molecular weight excluding hydrogens is 208 g/mol. The molecule has 0 spiro atoms. The molecule has 0 aliphatic heterocycles. The molecule has 0 bridgehead atoms. The van der Waals surface area contributed by atoms with Crippen LogP contribution in [0.2, 0.25) is 0 Å². The first-order chi connectivity index (χ1) is 7.36. The van der Waals surface area contributed by atoms with E-state index in [2.05, 4.69) is 15.0 Å². The minimum atomic E-state index is 0.693. The summed E-state index contributed by atoms with van der Waals surface area (Å²) < 4.78 is 0. The largest absolute Gasteiger partial charge is 0.397 e. The van der Waals surface area contributed by atoms with E-state index in [4.69, 9.17) is 5.73 Å². The van der Waals surface area contributed by atoms with Crippen LogP contribution in [0.4, 0.5) is 5.69 Å². The van der Waals surface area contributed by atoms with Crippen LogP contribution in [0.3, 0.4) is 0 Å². The molecule has 0 amide bonds. The fourth-order valence-electron chi connectivity index (χ4n) is 1.07. The summed E-state index contributed by atoms with van der Waals surface area (Å²) >= 11 is 1.61. The highest BCUT2D eigenvalue weighted by Gasteiger charge is 2.01. The van der Waals surface area contributed by atoms with Gasteiger partial charge in [0.25, 0.3) is 0 Å². The van der Waals surface area contributed by atoms with E-state index in [1.165, 1.54) is 0 Å². The average Bonchev–Trinajstić information content (AvgIpc) is 2.29. The molecule has 0 aromatic carbocycles. The number of aromatic nitrogens is 3. The Morgan fingerprint density at radius 3 is 2.73 bits per heavy atom. The predicted molar refractivity (Wildman–Crippen MR) is 60.2 cm³/mol. The number of hydrogen-bond acceptors (Lipinski definition) is 5. The van der Waals surface area contributed by atoms with Gasteiger partial charge in [0.2, 0.25) is 0 Å². The van der Waals surface area contributed by atoms with Crippen molar-refractivity contribution >= 4 is 17.4 Å². The molecule has 0 unspecified atom stereocenters. The first-order valence-corrected chi connectivity index (χ1v) is 5.43. The molecule has 2 heterocycles. The SMILES string of the molecule is Nc1cnccc1SCc1ncccn1. The van der Waals surface area contributed by atoms with E-state index in [9.17, 15) is 0 Å². The Labute approximate surface area is 92.0 Å². The van der Waals surface area contributed by atoms with Gasteiger partial charge in [-0.1, -0.05) is 0 Å². The normalized spacial score (nSPS) is 10.1. The number of nitrogens with zero attached hydrogens (tertiary/aromatic N) is 3. The van der Waals surface area contributed by atoms with E-state index >= 15 is 0 Å². The van der Waals surface area contributed by atoms with Crippen LogP contribution < -0.4 is 5.73 Å². The lowest BCUT2D eigenvalue weighted by Gasteiger charge is -2.02. The average molecular weight is 218 g/mol. The second kappa shape index (κ2) is 4.75. The van der Waals surface area contributed by atoms with Gasteiger partial charge in [-0.2, -0.15) is 0 Å². The predicted octanol–water partition coefficient (Wildman–Crippen LogP) is 1.75. The molecule has 0 fully saturated rings. The Bertz CT molecular complexity index is 432. The van der Waals surface area contributed by atoms with Crippen LogP contribution in [0.15, 0.2) is 41.8 Å². The number of nitrogen functional groups attached to an aromatic ring is 1. The van der Waals surface area contributed by atoms with Crippen molar-refractivity contribution in [2.75, 3.05) is 5.73 Å². The van der Waals surface area contributed by atoms with Crippen LogP contribution in [0.25, 0.3) is 0 Å². The highest BCUT2D eigenvalue weighted by molar-refractivity contribution is 7.98. The fraction of sp³-hybridized carbons (Fsp3) is 0.100. The van der Waals surface area contributed by atoms with Gasteiger partial charge < -0.3 is 5.73 Å². The highest BCUT2D eigenvalue weighted by atomic mass is 32.2. The summed E-state index contributed by atoms with van der Waals surface area (Å²) in [6, 6.07) is 3.69. The van der Waals surface area contributed by atoms with E-state index in [0.29, 0.717) is 5.69 Å². The van der Waals surface area contributed by atoms with Crippen molar-refractivity contribution in [2.24, 2.45) is 0 Å². The Kier molecular flexibility index (Phi) is 3.14. The lowest BCUT2D eigenvalue weighted by atomic mass is 10.4. The second-order valence-electron chi connectivity index (χ2n) is 2.87. The molecule has 4 nitrogen and oxygen atoms in total. The van der Waals surface area contributed by atoms with Crippen molar-refractivity contribution in [3.8, 4) is 0 Å². The van der Waals surface area contributed by atoms with Gasteiger partial charge in [0, 0.05) is 23.5 Å². The third kappa shape index (κ3) is 2.66. The van der Waals surface area contributed by atoms with Crippen molar-refractivity contribution in [2.45, 2.75) is 10.6 Å². The van der Waals surface area contributed by atoms with E-state index in [-0.39, 0.29) is 0 Å². The summed E-state index contributed by atoms with van der Waals surface area (Å²) in [4.78, 5) is 13.2. The summed E-state index contributed by atoms with van der Waals surface area (Å²) in [5.74, 6) is 1.52. The zero-order valence-corrected chi connectivity index (χ0v) is 8.81. The number of pyridine rings is 1. The Morgan fingerprint density at radius 2 is 2.00 bits per heavy atom. The van der Waals surface area contributed by atoms with Crippen LogP contribution in [0.5, 0.6) is 0 Å². The molecule has 5 heteroatoms. The van der Waals surface area contributed by atoms with Crippen LogP contribution in [0, 0.1) is 0 Å². The summed E-state index contributed by atoms with van der Waals surface area (Å²) in [6.07, 6.45) is 6.84. The number of nitrogens with two attached hydrogens (primary N) is 1. The third-order valence-corrected chi connectivity index (χ3v) is 2.87. The van der Waals surface area contributed by atoms with E-state index in [1.54, 1.807) is 42.6 Å². The van der Waals surface area contributed by atoms with Gasteiger partial charge in [-0.15, -0.1) is 11.8 Å². The molecule has 2 rings (SSSR count). The first-order valence-electron chi connectivity index (χ1n) is 4.44. The molecule has 2 aromatic heterocycles. The van der Waals surface area contributed by atoms with E-state index in [0.717, 1.165) is 16.5 Å². The number of rotatable bonds is 3. The van der Waals surface area contributed by atoms with Gasteiger partial charge in [0.05, 0.1) is 17.6 Å². The zero-order chi connectivity index (χ0) is 10.5. The zero-order valence-electron chi connectivity index (χ0n) is 8.00. The lowest BCUT2D eigenvalue weighted by molar-refractivity contribution is 1.03. The van der Waals surface area contributed by atoms with Gasteiger partial charge in [-0.05, 0) is 12.1 Å². The molecule has 15 heavy (non-hydrogen) atoms. The van der Waals surface area contributed by atoms with Crippen molar-refractivity contribution in [1.29, 1.82) is 0 Å². The van der Waals surface area contributed by atoms with Gasteiger partial charge in [0.15, 0.2) is 0 Å². The molecule has 2 aromatic rings. The maximum atomic E-state index is 5.76. The molecule has 76 valence electrons. The minimum Gasteiger partial charge on any atom is -0.397 e. The van der Waals surface area contributed by atoms with Crippen molar-refractivity contribution in [3.63, 3.8) is 0 Å². The monoisotopic (exact) mass is 218 g/mol. The van der Waals surface area contributed by atoms with Crippen molar-refractivity contribution in [3.05, 3.63) is 42.7 Å². The van der Waals surface area contributed by atoms with Gasteiger partial charge in [-0.3, -0.25) is 4.98 Å². The van der Waals surface area contributed by atoms with Crippen LogP contribution in [-0.4, -0.2) is 15.0 Å². The molecule has 2 N–H and O–H groups in total. The summed E-state index contributed by atoms with van der Waals surface area (Å²) in [5, 5.41) is 0.